The molecular weight excluding hydrogens is 317 g/mol. The van der Waals surface area contributed by atoms with Crippen LogP contribution in [-0.4, -0.2) is 18.3 Å². The number of alkyl halides is 5. The number of nitro groups is 1. The Balaban J connectivity index is 4.00. The van der Waals surface area contributed by atoms with Gasteiger partial charge in [0.15, 0.2) is 4.90 Å². The minimum Gasteiger partial charge on any atom is -0.258 e. The number of sulfonamides is 1. The van der Waals surface area contributed by atoms with Crippen molar-refractivity contribution in [3.8, 4) is 0 Å². The molecule has 0 aliphatic rings. The zero-order chi connectivity index (χ0) is 15.9. The van der Waals surface area contributed by atoms with E-state index < -0.39 is 49.4 Å². The number of aromatic nitrogens is 1. The Morgan fingerprint density at radius 3 is 2.15 bits per heavy atom. The van der Waals surface area contributed by atoms with E-state index in [0.29, 0.717) is 0 Å². The van der Waals surface area contributed by atoms with Gasteiger partial charge in [0.1, 0.15) is 17.5 Å². The van der Waals surface area contributed by atoms with Gasteiger partial charge in [-0.2, -0.15) is 13.2 Å². The highest BCUT2D eigenvalue weighted by molar-refractivity contribution is 7.89. The Labute approximate surface area is 107 Å². The number of hydrogen-bond donors (Lipinski definition) is 1. The van der Waals surface area contributed by atoms with E-state index >= 15 is 0 Å². The molecule has 0 amide bonds. The molecule has 20 heavy (non-hydrogen) atoms. The van der Waals surface area contributed by atoms with E-state index in [9.17, 15) is 40.5 Å². The first-order chi connectivity index (χ1) is 8.87. The number of rotatable bonds is 3. The monoisotopic (exact) mass is 321 g/mol. The van der Waals surface area contributed by atoms with Crippen molar-refractivity contribution in [3.63, 3.8) is 0 Å². The zero-order valence-corrected chi connectivity index (χ0v) is 9.87. The highest BCUT2D eigenvalue weighted by atomic mass is 32.2. The number of nitrogens with two attached hydrogens (primary N) is 1. The van der Waals surface area contributed by atoms with Crippen molar-refractivity contribution in [1.29, 1.82) is 0 Å². The van der Waals surface area contributed by atoms with Crippen LogP contribution in [0.1, 0.15) is 17.7 Å². The Morgan fingerprint density at radius 1 is 1.35 bits per heavy atom. The lowest BCUT2D eigenvalue weighted by molar-refractivity contribution is -0.388. The molecule has 1 heterocycles. The Kier molecular flexibility index (Phi) is 3.96. The van der Waals surface area contributed by atoms with Gasteiger partial charge in [0.25, 0.3) is 6.43 Å². The van der Waals surface area contributed by atoms with E-state index in [2.05, 4.69) is 10.1 Å². The van der Waals surface area contributed by atoms with Gasteiger partial charge in [0, 0.05) is 0 Å². The molecule has 0 unspecified atom stereocenters. The first kappa shape index (κ1) is 16.2. The first-order valence-corrected chi connectivity index (χ1v) is 5.97. The van der Waals surface area contributed by atoms with Crippen LogP contribution in [0.5, 0.6) is 0 Å². The lowest BCUT2D eigenvalue weighted by Crippen LogP contribution is -2.23. The Morgan fingerprint density at radius 2 is 1.85 bits per heavy atom. The van der Waals surface area contributed by atoms with Crippen LogP contribution in [0, 0.1) is 10.1 Å². The molecule has 0 aromatic carbocycles. The SMILES string of the molecule is NS(=O)(=O)c1c([N+](=O)[O-])cnc(C(F)F)c1C(F)(F)F. The topological polar surface area (TPSA) is 116 Å². The summed E-state index contributed by atoms with van der Waals surface area (Å²) in [5.41, 5.74) is -6.03. The van der Waals surface area contributed by atoms with E-state index in [4.69, 9.17) is 0 Å². The summed E-state index contributed by atoms with van der Waals surface area (Å²) in [5.74, 6) is 0. The molecule has 2 N–H and O–H groups in total. The van der Waals surface area contributed by atoms with Gasteiger partial charge in [-0.05, 0) is 0 Å². The Bertz CT molecular complexity index is 657. The van der Waals surface area contributed by atoms with Gasteiger partial charge in [0.2, 0.25) is 10.0 Å². The molecule has 1 aromatic heterocycles. The lowest BCUT2D eigenvalue weighted by Gasteiger charge is -2.14. The van der Waals surface area contributed by atoms with Crippen LogP contribution in [0.4, 0.5) is 27.6 Å². The molecule has 112 valence electrons. The summed E-state index contributed by atoms with van der Waals surface area (Å²) in [7, 11) is -5.28. The quantitative estimate of drug-likeness (QED) is 0.515. The maximum absolute atomic E-state index is 12.7. The van der Waals surface area contributed by atoms with Crippen LogP contribution in [0.3, 0.4) is 0 Å². The molecule has 0 atom stereocenters. The van der Waals surface area contributed by atoms with E-state index in [1.807, 2.05) is 0 Å². The van der Waals surface area contributed by atoms with Gasteiger partial charge in [0.05, 0.1) is 4.92 Å². The van der Waals surface area contributed by atoms with Crippen molar-refractivity contribution in [1.82, 2.24) is 4.98 Å². The molecule has 13 heteroatoms. The smallest absolute Gasteiger partial charge is 0.258 e. The van der Waals surface area contributed by atoms with Gasteiger partial charge in [-0.25, -0.2) is 27.3 Å². The number of halogens is 5. The minimum atomic E-state index is -5.62. The lowest BCUT2D eigenvalue weighted by atomic mass is 10.1. The third-order valence-corrected chi connectivity index (χ3v) is 3.00. The third-order valence-electron chi connectivity index (χ3n) is 2.01. The van der Waals surface area contributed by atoms with Crippen molar-refractivity contribution in [2.75, 3.05) is 0 Å². The maximum Gasteiger partial charge on any atom is 0.419 e. The maximum atomic E-state index is 12.7. The van der Waals surface area contributed by atoms with Crippen LogP contribution in [-0.2, 0) is 16.2 Å². The van der Waals surface area contributed by atoms with E-state index in [1.54, 1.807) is 0 Å². The molecule has 0 aliphatic heterocycles. The van der Waals surface area contributed by atoms with Crippen LogP contribution in [0.25, 0.3) is 0 Å². The second kappa shape index (κ2) is 4.90. The standard InChI is InChI=1S/C7H4F5N3O4S/c8-6(9)4-3(7(10,11)12)5(20(13,18)19)2(1-14-4)15(16)17/h1,6H,(H2,13,18,19). The van der Waals surface area contributed by atoms with E-state index in [-0.39, 0.29) is 6.20 Å². The molecule has 7 nitrogen and oxygen atoms in total. The number of hydrogen-bond acceptors (Lipinski definition) is 5. The van der Waals surface area contributed by atoms with Crippen LogP contribution < -0.4 is 5.14 Å². The number of primary sulfonamides is 1. The Hall–Kier alpha value is -1.89. The van der Waals surface area contributed by atoms with Crippen molar-refractivity contribution in [2.24, 2.45) is 5.14 Å². The van der Waals surface area contributed by atoms with E-state index in [0.717, 1.165) is 0 Å². The molecule has 1 rings (SSSR count). The molecule has 0 bridgehead atoms. The molecule has 0 saturated heterocycles. The average molecular weight is 321 g/mol. The summed E-state index contributed by atoms with van der Waals surface area (Å²) in [5, 5.41) is 15.0. The highest BCUT2D eigenvalue weighted by Gasteiger charge is 2.46. The predicted octanol–water partition coefficient (Wildman–Crippen LogP) is 1.59. The van der Waals surface area contributed by atoms with Crippen molar-refractivity contribution in [3.05, 3.63) is 27.6 Å². The molecule has 0 spiro atoms. The summed E-state index contributed by atoms with van der Waals surface area (Å²) in [4.78, 5) is 9.57. The summed E-state index contributed by atoms with van der Waals surface area (Å²) in [6.45, 7) is 0. The largest absolute Gasteiger partial charge is 0.419 e. The highest BCUT2D eigenvalue weighted by Crippen LogP contribution is 2.42. The van der Waals surface area contributed by atoms with Crippen molar-refractivity contribution < 1.29 is 35.3 Å². The second-order valence-corrected chi connectivity index (χ2v) is 4.83. The minimum absolute atomic E-state index is 0.0174. The molecule has 1 aromatic rings. The summed E-state index contributed by atoms with van der Waals surface area (Å²) < 4.78 is 85.4. The molecular formula is C7H4F5N3O4S. The molecule has 0 aliphatic carbocycles. The molecule has 0 fully saturated rings. The van der Waals surface area contributed by atoms with Gasteiger partial charge in [-0.15, -0.1) is 0 Å². The van der Waals surface area contributed by atoms with Gasteiger partial charge < -0.3 is 0 Å². The first-order valence-electron chi connectivity index (χ1n) is 4.42. The summed E-state index contributed by atoms with van der Waals surface area (Å²) in [6, 6.07) is 0. The third kappa shape index (κ3) is 2.98. The predicted molar refractivity (Wildman–Crippen MR) is 52.2 cm³/mol. The zero-order valence-electron chi connectivity index (χ0n) is 9.06. The fraction of sp³-hybridized carbons (Fsp3) is 0.286. The van der Waals surface area contributed by atoms with Crippen LogP contribution in [0.2, 0.25) is 0 Å². The van der Waals surface area contributed by atoms with Gasteiger partial charge >= 0.3 is 11.9 Å². The van der Waals surface area contributed by atoms with E-state index in [1.165, 1.54) is 0 Å². The molecule has 0 saturated carbocycles. The van der Waals surface area contributed by atoms with Crippen molar-refractivity contribution >= 4 is 15.7 Å². The summed E-state index contributed by atoms with van der Waals surface area (Å²) >= 11 is 0. The molecule has 0 radical (unpaired) electrons. The number of nitrogens with zero attached hydrogens (tertiary/aromatic N) is 2. The normalized spacial score (nSPS) is 12.8. The van der Waals surface area contributed by atoms with Crippen molar-refractivity contribution in [2.45, 2.75) is 17.5 Å². The second-order valence-electron chi connectivity index (χ2n) is 3.33. The van der Waals surface area contributed by atoms with Gasteiger partial charge in [-0.3, -0.25) is 10.1 Å². The summed E-state index contributed by atoms with van der Waals surface area (Å²) in [6.07, 6.45) is -9.43. The number of pyridine rings is 1. The van der Waals surface area contributed by atoms with Crippen LogP contribution in [0.15, 0.2) is 11.1 Å². The van der Waals surface area contributed by atoms with Crippen LogP contribution >= 0.6 is 0 Å². The fourth-order valence-electron chi connectivity index (χ4n) is 1.36. The van der Waals surface area contributed by atoms with Gasteiger partial charge in [-0.1, -0.05) is 0 Å². The average Bonchev–Trinajstić information content (AvgIpc) is 2.24. The fourth-order valence-corrected chi connectivity index (χ4v) is 2.28.